The molecule has 3 nitrogen and oxygen atoms in total. The van der Waals surface area contributed by atoms with Crippen molar-refractivity contribution in [2.45, 2.75) is 38.5 Å². The van der Waals surface area contributed by atoms with Crippen LogP contribution in [0, 0.1) is 17.6 Å². The van der Waals surface area contributed by atoms with E-state index in [0.29, 0.717) is 18.8 Å². The molecule has 23 heavy (non-hydrogen) atoms. The minimum atomic E-state index is -0.553. The van der Waals surface area contributed by atoms with Crippen molar-refractivity contribution in [3.63, 3.8) is 0 Å². The predicted molar refractivity (Wildman–Crippen MR) is 86.3 cm³/mol. The van der Waals surface area contributed by atoms with Gasteiger partial charge in [-0.05, 0) is 37.8 Å². The first-order chi connectivity index (χ1) is 11.1. The summed E-state index contributed by atoms with van der Waals surface area (Å²) in [5.74, 6) is -0.773. The molecule has 2 aliphatic heterocycles. The molecule has 5 heteroatoms. The molecule has 0 radical (unpaired) electrons. The van der Waals surface area contributed by atoms with E-state index in [4.69, 9.17) is 0 Å². The van der Waals surface area contributed by atoms with Crippen molar-refractivity contribution in [2.24, 2.45) is 5.92 Å². The Morgan fingerprint density at radius 1 is 0.870 bits per heavy atom. The van der Waals surface area contributed by atoms with Gasteiger partial charge in [0.1, 0.15) is 11.6 Å². The summed E-state index contributed by atoms with van der Waals surface area (Å²) in [5, 5.41) is 0. The Morgan fingerprint density at radius 3 is 2.00 bits per heavy atom. The highest BCUT2D eigenvalue weighted by Crippen LogP contribution is 2.26. The summed E-state index contributed by atoms with van der Waals surface area (Å²) in [6, 6.07) is 3.61. The van der Waals surface area contributed by atoms with Gasteiger partial charge in [0.25, 0.3) is 0 Å². The Hall–Kier alpha value is -1.65. The van der Waals surface area contributed by atoms with Crippen LogP contribution in [0.5, 0.6) is 0 Å². The standard InChI is InChI=1S/C18H24F2N2O/c19-15-11-16(20)13-17(12-15)21-9-5-14(6-10-21)18(23)22-7-3-1-2-4-8-22/h11-14H,1-10H2. The van der Waals surface area contributed by atoms with Crippen molar-refractivity contribution in [3.8, 4) is 0 Å². The molecule has 0 bridgehead atoms. The van der Waals surface area contributed by atoms with Crippen LogP contribution in [-0.2, 0) is 4.79 Å². The van der Waals surface area contributed by atoms with Crippen LogP contribution in [0.1, 0.15) is 38.5 Å². The van der Waals surface area contributed by atoms with E-state index in [0.717, 1.165) is 44.8 Å². The monoisotopic (exact) mass is 322 g/mol. The van der Waals surface area contributed by atoms with Crippen LogP contribution in [0.3, 0.4) is 0 Å². The Kier molecular flexibility index (Phi) is 5.13. The van der Waals surface area contributed by atoms with Crippen LogP contribution >= 0.6 is 0 Å². The van der Waals surface area contributed by atoms with Gasteiger partial charge in [0.05, 0.1) is 0 Å². The molecular formula is C18H24F2N2O. The lowest BCUT2D eigenvalue weighted by molar-refractivity contribution is -0.136. The Morgan fingerprint density at radius 2 is 1.43 bits per heavy atom. The van der Waals surface area contributed by atoms with Gasteiger partial charge in [-0.1, -0.05) is 12.8 Å². The average Bonchev–Trinajstić information content (AvgIpc) is 2.83. The molecule has 0 saturated carbocycles. The smallest absolute Gasteiger partial charge is 0.225 e. The molecule has 2 heterocycles. The van der Waals surface area contributed by atoms with Crippen LogP contribution in [0.25, 0.3) is 0 Å². The summed E-state index contributed by atoms with van der Waals surface area (Å²) in [6.07, 6.45) is 6.15. The maximum atomic E-state index is 13.3. The second kappa shape index (κ2) is 7.28. The van der Waals surface area contributed by atoms with Crippen molar-refractivity contribution in [1.82, 2.24) is 4.90 Å². The summed E-state index contributed by atoms with van der Waals surface area (Å²) < 4.78 is 26.7. The summed E-state index contributed by atoms with van der Waals surface area (Å²) in [6.45, 7) is 3.11. The van der Waals surface area contributed by atoms with Gasteiger partial charge in [-0.25, -0.2) is 8.78 Å². The average molecular weight is 322 g/mol. The van der Waals surface area contributed by atoms with Gasteiger partial charge in [0.15, 0.2) is 0 Å². The summed E-state index contributed by atoms with van der Waals surface area (Å²) >= 11 is 0. The van der Waals surface area contributed by atoms with E-state index in [9.17, 15) is 13.6 Å². The summed E-state index contributed by atoms with van der Waals surface area (Å²) in [4.78, 5) is 16.6. The highest BCUT2D eigenvalue weighted by atomic mass is 19.1. The molecule has 2 saturated heterocycles. The lowest BCUT2D eigenvalue weighted by Crippen LogP contribution is -2.43. The summed E-state index contributed by atoms with van der Waals surface area (Å²) in [7, 11) is 0. The number of hydrogen-bond donors (Lipinski definition) is 0. The van der Waals surface area contributed by atoms with E-state index in [-0.39, 0.29) is 11.8 Å². The molecular weight excluding hydrogens is 298 g/mol. The number of carbonyl (C=O) groups excluding carboxylic acids is 1. The summed E-state index contributed by atoms with van der Waals surface area (Å²) in [5.41, 5.74) is 0.572. The van der Waals surface area contributed by atoms with Crippen LogP contribution in [0.4, 0.5) is 14.5 Å². The Balaban J connectivity index is 1.58. The first-order valence-corrected chi connectivity index (χ1v) is 8.63. The number of halogens is 2. The fourth-order valence-electron chi connectivity index (χ4n) is 3.66. The van der Waals surface area contributed by atoms with Gasteiger partial charge >= 0.3 is 0 Å². The lowest BCUT2D eigenvalue weighted by Gasteiger charge is -2.35. The molecule has 1 aromatic rings. The zero-order chi connectivity index (χ0) is 16.2. The molecule has 0 unspecified atom stereocenters. The molecule has 0 aromatic heterocycles. The Labute approximate surface area is 136 Å². The molecule has 2 fully saturated rings. The molecule has 1 aromatic carbocycles. The van der Waals surface area contributed by atoms with Crippen LogP contribution in [0.2, 0.25) is 0 Å². The third-order valence-corrected chi connectivity index (χ3v) is 4.97. The number of anilines is 1. The quantitative estimate of drug-likeness (QED) is 0.831. The first-order valence-electron chi connectivity index (χ1n) is 8.63. The molecule has 2 aliphatic rings. The number of likely N-dealkylation sites (tertiary alicyclic amines) is 1. The number of piperidine rings is 1. The highest BCUT2D eigenvalue weighted by molar-refractivity contribution is 5.79. The number of rotatable bonds is 2. The van der Waals surface area contributed by atoms with Gasteiger partial charge in [-0.3, -0.25) is 4.79 Å². The lowest BCUT2D eigenvalue weighted by atomic mass is 9.94. The van der Waals surface area contributed by atoms with Gasteiger partial charge in [0.2, 0.25) is 5.91 Å². The third-order valence-electron chi connectivity index (χ3n) is 4.97. The third kappa shape index (κ3) is 4.01. The van der Waals surface area contributed by atoms with Gasteiger partial charge in [0, 0.05) is 43.9 Å². The van der Waals surface area contributed by atoms with Crippen LogP contribution < -0.4 is 4.90 Å². The van der Waals surface area contributed by atoms with Crippen LogP contribution in [0.15, 0.2) is 18.2 Å². The zero-order valence-corrected chi connectivity index (χ0v) is 13.4. The van der Waals surface area contributed by atoms with E-state index in [1.165, 1.54) is 25.0 Å². The molecule has 1 amide bonds. The van der Waals surface area contributed by atoms with Crippen molar-refractivity contribution in [1.29, 1.82) is 0 Å². The number of nitrogens with zero attached hydrogens (tertiary/aromatic N) is 2. The van der Waals surface area contributed by atoms with Crippen molar-refractivity contribution < 1.29 is 13.6 Å². The van der Waals surface area contributed by atoms with Gasteiger partial charge < -0.3 is 9.80 Å². The number of amides is 1. The molecule has 0 aliphatic carbocycles. The SMILES string of the molecule is O=C(C1CCN(c2cc(F)cc(F)c2)CC1)N1CCCCCC1. The second-order valence-corrected chi connectivity index (χ2v) is 6.63. The van der Waals surface area contributed by atoms with E-state index < -0.39 is 11.6 Å². The first kappa shape index (κ1) is 16.2. The predicted octanol–water partition coefficient (Wildman–Crippen LogP) is 3.58. The van der Waals surface area contributed by atoms with Gasteiger partial charge in [-0.15, -0.1) is 0 Å². The van der Waals surface area contributed by atoms with Gasteiger partial charge in [-0.2, -0.15) is 0 Å². The highest BCUT2D eigenvalue weighted by Gasteiger charge is 2.29. The molecule has 126 valence electrons. The molecule has 0 N–H and O–H groups in total. The second-order valence-electron chi connectivity index (χ2n) is 6.63. The Bertz CT molecular complexity index is 528. The van der Waals surface area contributed by atoms with E-state index >= 15 is 0 Å². The van der Waals surface area contributed by atoms with Crippen LogP contribution in [-0.4, -0.2) is 37.0 Å². The normalized spacial score (nSPS) is 20.4. The maximum Gasteiger partial charge on any atom is 0.225 e. The largest absolute Gasteiger partial charge is 0.371 e. The molecule has 3 rings (SSSR count). The van der Waals surface area contributed by atoms with E-state index in [2.05, 4.69) is 0 Å². The number of benzene rings is 1. The minimum Gasteiger partial charge on any atom is -0.371 e. The van der Waals surface area contributed by atoms with Crippen molar-refractivity contribution in [2.75, 3.05) is 31.1 Å². The molecule has 0 atom stereocenters. The van der Waals surface area contributed by atoms with Crippen molar-refractivity contribution in [3.05, 3.63) is 29.8 Å². The topological polar surface area (TPSA) is 23.6 Å². The molecule has 0 spiro atoms. The number of carbonyl (C=O) groups is 1. The fraction of sp³-hybridized carbons (Fsp3) is 0.611. The van der Waals surface area contributed by atoms with Crippen molar-refractivity contribution >= 4 is 11.6 Å². The van der Waals surface area contributed by atoms with E-state index in [1.807, 2.05) is 9.80 Å². The maximum absolute atomic E-state index is 13.3. The minimum absolute atomic E-state index is 0.0581. The number of hydrogen-bond acceptors (Lipinski definition) is 2. The zero-order valence-electron chi connectivity index (χ0n) is 13.4. The fourth-order valence-corrected chi connectivity index (χ4v) is 3.66. The van der Waals surface area contributed by atoms with E-state index in [1.54, 1.807) is 0 Å².